The van der Waals surface area contributed by atoms with E-state index in [2.05, 4.69) is 15.9 Å². The van der Waals surface area contributed by atoms with Crippen LogP contribution in [-0.4, -0.2) is 11.9 Å². The minimum Gasteiger partial charge on any atom is -0.493 e. The van der Waals surface area contributed by atoms with Crippen LogP contribution in [0.25, 0.3) is 0 Å². The van der Waals surface area contributed by atoms with E-state index in [1.807, 2.05) is 0 Å². The van der Waals surface area contributed by atoms with Crippen molar-refractivity contribution < 1.29 is 9.13 Å². The van der Waals surface area contributed by atoms with Gasteiger partial charge in [0.2, 0.25) is 0 Å². The van der Waals surface area contributed by atoms with Crippen LogP contribution in [-0.2, 0) is 0 Å². The Morgan fingerprint density at radius 1 is 1.40 bits per heavy atom. The van der Waals surface area contributed by atoms with Crippen LogP contribution < -0.4 is 4.74 Å². The van der Waals surface area contributed by atoms with Crippen molar-refractivity contribution in [2.24, 2.45) is 0 Å². The Balaban J connectivity index is 2.49. The van der Waals surface area contributed by atoms with Crippen LogP contribution in [0.2, 0.25) is 0 Å². The molecule has 0 aliphatic carbocycles. The van der Waals surface area contributed by atoms with Gasteiger partial charge in [-0.2, -0.15) is 5.26 Å². The Kier molecular flexibility index (Phi) is 5.13. The lowest BCUT2D eigenvalue weighted by molar-refractivity contribution is 0.308. The van der Waals surface area contributed by atoms with Gasteiger partial charge in [0.25, 0.3) is 0 Å². The summed E-state index contributed by atoms with van der Waals surface area (Å²) < 4.78 is 18.4. The third kappa shape index (κ3) is 3.88. The van der Waals surface area contributed by atoms with Crippen molar-refractivity contribution >= 4 is 15.9 Å². The van der Waals surface area contributed by atoms with Crippen molar-refractivity contribution in [2.75, 3.05) is 11.9 Å². The van der Waals surface area contributed by atoms with Crippen molar-refractivity contribution in [3.8, 4) is 11.8 Å². The SMILES string of the molecule is N#Cc1ccc(OCCCCBr)cc1F. The molecule has 1 aromatic rings. The van der Waals surface area contributed by atoms with E-state index >= 15 is 0 Å². The Labute approximate surface area is 96.8 Å². The first-order valence-electron chi connectivity index (χ1n) is 4.66. The fourth-order valence-corrected chi connectivity index (χ4v) is 1.46. The summed E-state index contributed by atoms with van der Waals surface area (Å²) in [7, 11) is 0. The fraction of sp³-hybridized carbons (Fsp3) is 0.364. The second-order valence-electron chi connectivity index (χ2n) is 3.00. The predicted molar refractivity (Wildman–Crippen MR) is 59.6 cm³/mol. The number of halogens is 2. The van der Waals surface area contributed by atoms with Crippen LogP contribution in [0.15, 0.2) is 18.2 Å². The van der Waals surface area contributed by atoms with Gasteiger partial charge in [-0.05, 0) is 25.0 Å². The minimum atomic E-state index is -0.532. The molecule has 0 aliphatic heterocycles. The Bertz CT molecular complexity index is 362. The normalized spacial score (nSPS) is 9.67. The van der Waals surface area contributed by atoms with Crippen LogP contribution >= 0.6 is 15.9 Å². The number of hydrogen-bond donors (Lipinski definition) is 0. The van der Waals surface area contributed by atoms with Crippen LogP contribution in [0.4, 0.5) is 4.39 Å². The first kappa shape index (κ1) is 12.0. The number of nitriles is 1. The summed E-state index contributed by atoms with van der Waals surface area (Å²) in [6.45, 7) is 0.566. The van der Waals surface area contributed by atoms with E-state index in [-0.39, 0.29) is 5.56 Å². The van der Waals surface area contributed by atoms with Gasteiger partial charge >= 0.3 is 0 Å². The zero-order valence-corrected chi connectivity index (χ0v) is 9.76. The highest BCUT2D eigenvalue weighted by molar-refractivity contribution is 9.09. The molecule has 0 spiro atoms. The second-order valence-corrected chi connectivity index (χ2v) is 3.79. The fourth-order valence-electron chi connectivity index (χ4n) is 1.06. The standard InChI is InChI=1S/C11H11BrFNO/c12-5-1-2-6-15-10-4-3-9(8-14)11(13)7-10/h3-4,7H,1-2,5-6H2. The third-order valence-electron chi connectivity index (χ3n) is 1.86. The summed E-state index contributed by atoms with van der Waals surface area (Å²) in [5.41, 5.74) is 0.0443. The van der Waals surface area contributed by atoms with E-state index in [1.54, 1.807) is 12.1 Å². The summed E-state index contributed by atoms with van der Waals surface area (Å²) in [6, 6.07) is 6.04. The van der Waals surface area contributed by atoms with Crippen LogP contribution in [0.3, 0.4) is 0 Å². The highest BCUT2D eigenvalue weighted by atomic mass is 79.9. The number of rotatable bonds is 5. The van der Waals surface area contributed by atoms with Crippen molar-refractivity contribution in [2.45, 2.75) is 12.8 Å². The quantitative estimate of drug-likeness (QED) is 0.609. The Hall–Kier alpha value is -1.08. The Morgan fingerprint density at radius 2 is 2.20 bits per heavy atom. The van der Waals surface area contributed by atoms with E-state index in [4.69, 9.17) is 10.00 Å². The van der Waals surface area contributed by atoms with Crippen molar-refractivity contribution in [1.29, 1.82) is 5.26 Å². The van der Waals surface area contributed by atoms with Gasteiger partial charge < -0.3 is 4.74 Å². The molecule has 1 aromatic carbocycles. The monoisotopic (exact) mass is 271 g/mol. The summed E-state index contributed by atoms with van der Waals surface area (Å²) in [4.78, 5) is 0. The van der Waals surface area contributed by atoms with E-state index in [1.165, 1.54) is 12.1 Å². The molecule has 2 nitrogen and oxygen atoms in total. The number of hydrogen-bond acceptors (Lipinski definition) is 2. The van der Waals surface area contributed by atoms with Crippen molar-refractivity contribution in [1.82, 2.24) is 0 Å². The molecule has 4 heteroatoms. The molecular formula is C11H11BrFNO. The number of unbranched alkanes of at least 4 members (excludes halogenated alkanes) is 1. The largest absolute Gasteiger partial charge is 0.493 e. The minimum absolute atomic E-state index is 0.0443. The molecule has 0 saturated heterocycles. The lowest BCUT2D eigenvalue weighted by atomic mass is 10.2. The van der Waals surface area contributed by atoms with Crippen molar-refractivity contribution in [3.63, 3.8) is 0 Å². The summed E-state index contributed by atoms with van der Waals surface area (Å²) >= 11 is 3.31. The maximum atomic E-state index is 13.1. The zero-order chi connectivity index (χ0) is 11.1. The van der Waals surface area contributed by atoms with E-state index in [0.717, 1.165) is 18.2 Å². The number of nitrogens with zero attached hydrogens (tertiary/aromatic N) is 1. The maximum absolute atomic E-state index is 13.1. The van der Waals surface area contributed by atoms with Crippen LogP contribution in [0.5, 0.6) is 5.75 Å². The molecule has 0 bridgehead atoms. The average Bonchev–Trinajstić information content (AvgIpc) is 2.25. The molecule has 0 amide bonds. The van der Waals surface area contributed by atoms with Gasteiger partial charge in [-0.25, -0.2) is 4.39 Å². The van der Waals surface area contributed by atoms with E-state index < -0.39 is 5.82 Å². The smallest absolute Gasteiger partial charge is 0.144 e. The zero-order valence-electron chi connectivity index (χ0n) is 8.17. The first-order chi connectivity index (χ1) is 7.27. The molecule has 0 N–H and O–H groups in total. The van der Waals surface area contributed by atoms with Crippen molar-refractivity contribution in [3.05, 3.63) is 29.6 Å². The number of benzene rings is 1. The molecule has 0 heterocycles. The second kappa shape index (κ2) is 6.41. The van der Waals surface area contributed by atoms with Gasteiger partial charge in [0.15, 0.2) is 0 Å². The van der Waals surface area contributed by atoms with E-state index in [9.17, 15) is 4.39 Å². The highest BCUT2D eigenvalue weighted by Crippen LogP contribution is 2.16. The van der Waals surface area contributed by atoms with Gasteiger partial charge in [-0.15, -0.1) is 0 Å². The molecule has 0 atom stereocenters. The summed E-state index contributed by atoms with van der Waals surface area (Å²) in [6.07, 6.45) is 1.95. The predicted octanol–water partition coefficient (Wildman–Crippen LogP) is 3.25. The summed E-state index contributed by atoms with van der Waals surface area (Å²) in [5.74, 6) is -0.0587. The molecule has 15 heavy (non-hydrogen) atoms. The lowest BCUT2D eigenvalue weighted by Gasteiger charge is -2.05. The van der Waals surface area contributed by atoms with Crippen LogP contribution in [0, 0.1) is 17.1 Å². The highest BCUT2D eigenvalue weighted by Gasteiger charge is 2.02. The van der Waals surface area contributed by atoms with Crippen LogP contribution in [0.1, 0.15) is 18.4 Å². The van der Waals surface area contributed by atoms with E-state index in [0.29, 0.717) is 12.4 Å². The molecular weight excluding hydrogens is 261 g/mol. The van der Waals surface area contributed by atoms with Gasteiger partial charge in [-0.1, -0.05) is 15.9 Å². The molecule has 0 aromatic heterocycles. The van der Waals surface area contributed by atoms with Gasteiger partial charge in [0.1, 0.15) is 17.6 Å². The van der Waals surface area contributed by atoms with Gasteiger partial charge in [0.05, 0.1) is 12.2 Å². The summed E-state index contributed by atoms with van der Waals surface area (Å²) in [5, 5.41) is 9.46. The maximum Gasteiger partial charge on any atom is 0.144 e. The third-order valence-corrected chi connectivity index (χ3v) is 2.42. The first-order valence-corrected chi connectivity index (χ1v) is 5.78. The molecule has 80 valence electrons. The lowest BCUT2D eigenvalue weighted by Crippen LogP contribution is -1.98. The van der Waals surface area contributed by atoms with Gasteiger partial charge in [-0.3, -0.25) is 0 Å². The molecule has 0 fully saturated rings. The Morgan fingerprint density at radius 3 is 2.80 bits per heavy atom. The molecule has 0 unspecified atom stereocenters. The molecule has 0 saturated carbocycles. The molecule has 0 aliphatic rings. The number of alkyl halides is 1. The molecule has 1 rings (SSSR count). The van der Waals surface area contributed by atoms with Gasteiger partial charge in [0, 0.05) is 11.4 Å². The molecule has 0 radical (unpaired) electrons. The average molecular weight is 272 g/mol. The number of ether oxygens (including phenoxy) is 1. The topological polar surface area (TPSA) is 33.0 Å².